The molecule has 1 saturated heterocycles. The van der Waals surface area contributed by atoms with Crippen LogP contribution in [0.4, 0.5) is 14.5 Å². The molecule has 0 spiro atoms. The molecule has 0 bridgehead atoms. The van der Waals surface area contributed by atoms with Gasteiger partial charge >= 0.3 is 0 Å². The number of imide groups is 1. The second kappa shape index (κ2) is 20.2. The lowest BCUT2D eigenvalue weighted by Gasteiger charge is -2.63. The van der Waals surface area contributed by atoms with E-state index in [1.165, 1.54) is 45.4 Å². The van der Waals surface area contributed by atoms with Crippen molar-refractivity contribution in [1.82, 2.24) is 30.8 Å². The van der Waals surface area contributed by atoms with Crippen molar-refractivity contribution in [2.45, 2.75) is 120 Å². The van der Waals surface area contributed by atoms with Gasteiger partial charge in [0.25, 0.3) is 11.8 Å². The lowest BCUT2D eigenvalue weighted by molar-refractivity contribution is -0.235. The Morgan fingerprint density at radius 3 is 2.31 bits per heavy atom. The molecule has 19 nitrogen and oxygen atoms in total. The van der Waals surface area contributed by atoms with Crippen molar-refractivity contribution in [2.24, 2.45) is 22.7 Å². The molecule has 6 amide bonds. The van der Waals surface area contributed by atoms with Gasteiger partial charge in [0, 0.05) is 71.4 Å². The number of fused-ring (bicyclic) bond motifs is 7. The molecule has 1 aromatic heterocycles. The molecular formula is C54H59F2N7O12. The van der Waals surface area contributed by atoms with E-state index in [0.29, 0.717) is 23.4 Å². The molecule has 4 aliphatic carbocycles. The molecule has 3 aromatic rings. The van der Waals surface area contributed by atoms with Crippen molar-refractivity contribution in [3.05, 3.63) is 119 Å². The molecule has 75 heavy (non-hydrogen) atoms. The number of aliphatic hydroxyl groups is 2. The van der Waals surface area contributed by atoms with Crippen molar-refractivity contribution >= 4 is 52.7 Å². The highest BCUT2D eigenvalue weighted by molar-refractivity contribution is 6.13. The van der Waals surface area contributed by atoms with E-state index in [2.05, 4.69) is 31.2 Å². The summed E-state index contributed by atoms with van der Waals surface area (Å²) in [5.41, 5.74) is -3.86. The van der Waals surface area contributed by atoms with Crippen LogP contribution in [0, 0.1) is 22.7 Å². The Morgan fingerprint density at radius 2 is 1.61 bits per heavy atom. The number of halogens is 2. The number of Topliss-reactive ketones (excluding diaryl/α,β-unsaturated/α-hetero) is 1. The number of hydrogen-bond donors (Lipinski definition) is 7. The van der Waals surface area contributed by atoms with Crippen LogP contribution in [0.1, 0.15) is 82.1 Å². The fourth-order valence-electron chi connectivity index (χ4n) is 12.5. The molecule has 9 rings (SSSR count). The molecule has 396 valence electrons. The lowest BCUT2D eigenvalue weighted by Crippen LogP contribution is -2.70. The Labute approximate surface area is 430 Å². The largest absolute Gasteiger partial charge is 0.390 e. The van der Waals surface area contributed by atoms with Crippen molar-refractivity contribution in [3.8, 4) is 0 Å². The number of ketones is 2. The van der Waals surface area contributed by atoms with Gasteiger partial charge < -0.3 is 45.9 Å². The first kappa shape index (κ1) is 52.8. The zero-order valence-corrected chi connectivity index (χ0v) is 41.6. The summed E-state index contributed by atoms with van der Waals surface area (Å²) in [6, 6.07) is 10.9. The third-order valence-corrected chi connectivity index (χ3v) is 16.4. The number of amides is 6. The van der Waals surface area contributed by atoms with Crippen LogP contribution in [-0.2, 0) is 60.7 Å². The highest BCUT2D eigenvalue weighted by Gasteiger charge is 2.80. The number of rotatable bonds is 17. The van der Waals surface area contributed by atoms with Gasteiger partial charge in [-0.1, -0.05) is 49.4 Å². The summed E-state index contributed by atoms with van der Waals surface area (Å²) in [7, 11) is 0. The van der Waals surface area contributed by atoms with Crippen LogP contribution in [0.2, 0.25) is 0 Å². The van der Waals surface area contributed by atoms with E-state index >= 15 is 8.78 Å². The SMILES string of the molecule is C[C@H](NC(=O)[C@H](C)NC(=O)[C@H](Cc1cnc[nH]1)NC(=O)CCN1C(=O)C=CC1=O)C(=O)Nc1cccc(Cc2ccc([C@@H]3O[C@@H]4C[C@H]5[C@@H]6C[C@H](F)C7=CC(=O)C=CC7(C)[C@@]6(F)C(O)C[C@]5(C)[C@]4(C(=O)CO)O3)cc2)c1. The van der Waals surface area contributed by atoms with Crippen LogP contribution in [0.15, 0.2) is 97.0 Å². The first-order valence-electron chi connectivity index (χ1n) is 24.9. The molecule has 21 heteroatoms. The molecule has 6 aliphatic rings. The summed E-state index contributed by atoms with van der Waals surface area (Å²) >= 11 is 0. The van der Waals surface area contributed by atoms with Crippen LogP contribution in [0.3, 0.4) is 0 Å². The Hall–Kier alpha value is -7.07. The van der Waals surface area contributed by atoms with Gasteiger partial charge in [0.15, 0.2) is 29.1 Å². The van der Waals surface area contributed by atoms with Crippen LogP contribution in [0.25, 0.3) is 0 Å². The van der Waals surface area contributed by atoms with Gasteiger partial charge in [-0.3, -0.25) is 43.3 Å². The number of alkyl halides is 2. The number of benzene rings is 2. The van der Waals surface area contributed by atoms with Crippen LogP contribution < -0.4 is 21.3 Å². The number of allylic oxidation sites excluding steroid dienone is 4. The van der Waals surface area contributed by atoms with Crippen LogP contribution >= 0.6 is 0 Å². The summed E-state index contributed by atoms with van der Waals surface area (Å²) in [6.07, 6.45) is 3.05. The van der Waals surface area contributed by atoms with E-state index in [0.717, 1.165) is 34.3 Å². The van der Waals surface area contributed by atoms with E-state index in [9.17, 15) is 48.6 Å². The van der Waals surface area contributed by atoms with Gasteiger partial charge in [-0.25, -0.2) is 13.8 Å². The number of ether oxygens (including phenoxy) is 2. The third-order valence-electron chi connectivity index (χ3n) is 16.4. The second-order valence-corrected chi connectivity index (χ2v) is 20.9. The highest BCUT2D eigenvalue weighted by Crippen LogP contribution is 2.72. The topological polar surface area (TPSA) is 276 Å². The number of imidazole rings is 1. The number of nitrogens with zero attached hydrogens (tertiary/aromatic N) is 2. The maximum Gasteiger partial charge on any atom is 0.253 e. The molecule has 0 radical (unpaired) electrons. The summed E-state index contributed by atoms with van der Waals surface area (Å²) in [5, 5.41) is 32.7. The number of aromatic amines is 1. The fraction of sp³-hybridized carbons (Fsp3) is 0.463. The number of nitrogens with one attached hydrogen (secondary N) is 5. The van der Waals surface area contributed by atoms with Crippen LogP contribution in [0.5, 0.6) is 0 Å². The van der Waals surface area contributed by atoms with Gasteiger partial charge in [0.2, 0.25) is 23.6 Å². The van der Waals surface area contributed by atoms with E-state index in [4.69, 9.17) is 9.47 Å². The number of carbonyl (C=O) groups excluding carboxylic acids is 8. The molecule has 2 aromatic carbocycles. The summed E-state index contributed by atoms with van der Waals surface area (Å²) in [5.74, 6) is -6.56. The quantitative estimate of drug-likeness (QED) is 0.0960. The van der Waals surface area contributed by atoms with Crippen molar-refractivity contribution in [1.29, 1.82) is 0 Å². The smallest absolute Gasteiger partial charge is 0.253 e. The minimum absolute atomic E-state index is 0.0109. The van der Waals surface area contributed by atoms with Gasteiger partial charge in [-0.2, -0.15) is 0 Å². The Morgan fingerprint density at radius 1 is 0.907 bits per heavy atom. The van der Waals surface area contributed by atoms with E-state index in [1.54, 1.807) is 37.3 Å². The molecule has 4 fully saturated rings. The predicted molar refractivity (Wildman–Crippen MR) is 262 cm³/mol. The van der Waals surface area contributed by atoms with Crippen molar-refractivity contribution in [2.75, 3.05) is 18.5 Å². The molecule has 2 aliphatic heterocycles. The number of aliphatic hydroxyl groups excluding tert-OH is 2. The molecule has 13 atom stereocenters. The first-order valence-corrected chi connectivity index (χ1v) is 24.9. The maximum absolute atomic E-state index is 17.8. The van der Waals surface area contributed by atoms with E-state index < -0.39 is 130 Å². The minimum atomic E-state index is -2.37. The normalized spacial score (nSPS) is 31.5. The molecule has 3 saturated carbocycles. The van der Waals surface area contributed by atoms with Crippen molar-refractivity contribution in [3.63, 3.8) is 0 Å². The maximum atomic E-state index is 17.8. The average molecular weight is 1040 g/mol. The summed E-state index contributed by atoms with van der Waals surface area (Å²) in [4.78, 5) is 111. The number of aromatic nitrogens is 2. The summed E-state index contributed by atoms with van der Waals surface area (Å²) in [6.45, 7) is 5.02. The number of hydrogen-bond acceptors (Lipinski definition) is 13. The van der Waals surface area contributed by atoms with E-state index in [-0.39, 0.29) is 44.2 Å². The Bertz CT molecular complexity index is 2890. The molecule has 2 unspecified atom stereocenters. The van der Waals surface area contributed by atoms with Crippen LogP contribution in [-0.4, -0.2) is 133 Å². The zero-order valence-electron chi connectivity index (χ0n) is 41.6. The molecular weight excluding hydrogens is 977 g/mol. The van der Waals surface area contributed by atoms with Gasteiger partial charge in [-0.05, 0) is 93.4 Å². The van der Waals surface area contributed by atoms with Crippen molar-refractivity contribution < 1.29 is 66.8 Å². The number of carbonyl (C=O) groups is 8. The van der Waals surface area contributed by atoms with Gasteiger partial charge in [0.1, 0.15) is 30.9 Å². The summed E-state index contributed by atoms with van der Waals surface area (Å²) < 4.78 is 46.9. The van der Waals surface area contributed by atoms with Gasteiger partial charge in [0.05, 0.1) is 18.5 Å². The second-order valence-electron chi connectivity index (χ2n) is 20.9. The molecule has 7 N–H and O–H groups in total. The lowest BCUT2D eigenvalue weighted by atomic mass is 9.44. The third kappa shape index (κ3) is 9.33. The fourth-order valence-corrected chi connectivity index (χ4v) is 12.5. The first-order chi connectivity index (χ1) is 35.6. The zero-order chi connectivity index (χ0) is 53.8. The van der Waals surface area contributed by atoms with E-state index in [1.807, 2.05) is 18.2 Å². The standard InChI is InChI=1S/C54H59F2N7O12/c1-28(60-49(73)40(20-34-25-57-27-58-34)62-44(68)15-17-63-45(69)12-13-46(63)70)47(71)59-29(2)48(72)61-33-7-5-6-31(19-33)18-30-8-10-32(11-9-30)50-74-43-23-36-37-22-39(55)38-21-35(65)14-16-51(38,3)53(37,56)41(66)24-52(36,4)54(43,75-50)42(67)26-64/h5-14,16,19,21,25,27-29,36-37,39-41,43,50,64,66H,15,17-18,20,22-24,26H2,1-4H3,(H,57,58)(H,59,71)(H,60,73)(H,61,72)(H,62,68)/t28-,29-,36-,37-,39-,40-,41?,43+,50+,51?,52-,53-,54+/m0/s1. The Kier molecular flexibility index (Phi) is 14.2. The number of H-pyrrole nitrogens is 1. The average Bonchev–Trinajstić information content (AvgIpc) is 4.16. The Balaban J connectivity index is 0.795. The number of anilines is 1. The minimum Gasteiger partial charge on any atom is -0.390 e. The monoisotopic (exact) mass is 1040 g/mol. The van der Waals surface area contributed by atoms with Gasteiger partial charge in [-0.15, -0.1) is 0 Å². The molecule has 3 heterocycles. The predicted octanol–water partition coefficient (Wildman–Crippen LogP) is 2.63. The highest BCUT2D eigenvalue weighted by atomic mass is 19.1.